The summed E-state index contributed by atoms with van der Waals surface area (Å²) in [5.41, 5.74) is 0. The average molecular weight is 173 g/mol. The molecule has 2 nitrogen and oxygen atoms in total. The molecule has 0 spiro atoms. The highest BCUT2D eigenvalue weighted by Gasteiger charge is 2.21. The first kappa shape index (κ1) is 11.9. The zero-order valence-corrected chi connectivity index (χ0v) is 9.05. The molecule has 0 aromatic heterocycles. The highest BCUT2D eigenvalue weighted by molar-refractivity contribution is 4.77. The van der Waals surface area contributed by atoms with Gasteiger partial charge in [0.1, 0.15) is 0 Å². The third-order valence-electron chi connectivity index (χ3n) is 2.33. The van der Waals surface area contributed by atoms with Crippen LogP contribution in [0.1, 0.15) is 33.6 Å². The van der Waals surface area contributed by atoms with E-state index in [1.807, 2.05) is 7.05 Å². The second kappa shape index (κ2) is 6.44. The van der Waals surface area contributed by atoms with E-state index < -0.39 is 0 Å². The Hall–Kier alpha value is -0.0800. The topological polar surface area (TPSA) is 21.3 Å². The molecule has 2 heteroatoms. The van der Waals surface area contributed by atoms with Crippen molar-refractivity contribution in [1.29, 1.82) is 0 Å². The second-order valence-electron chi connectivity index (χ2n) is 3.62. The maximum absolute atomic E-state index is 5.44. The molecule has 1 N–H and O–H groups in total. The van der Waals surface area contributed by atoms with Crippen LogP contribution >= 0.6 is 0 Å². The van der Waals surface area contributed by atoms with Crippen molar-refractivity contribution >= 4 is 0 Å². The van der Waals surface area contributed by atoms with E-state index in [0.717, 1.165) is 6.42 Å². The van der Waals surface area contributed by atoms with Crippen LogP contribution in [0.3, 0.4) is 0 Å². The molecular formula is C10H23NO. The van der Waals surface area contributed by atoms with Crippen molar-refractivity contribution in [2.75, 3.05) is 14.2 Å². The summed E-state index contributed by atoms with van der Waals surface area (Å²) >= 11 is 0. The van der Waals surface area contributed by atoms with Gasteiger partial charge in [-0.3, -0.25) is 0 Å². The van der Waals surface area contributed by atoms with Gasteiger partial charge in [0.25, 0.3) is 0 Å². The van der Waals surface area contributed by atoms with Crippen LogP contribution in [0.2, 0.25) is 0 Å². The van der Waals surface area contributed by atoms with Gasteiger partial charge in [-0.05, 0) is 19.4 Å². The van der Waals surface area contributed by atoms with E-state index in [2.05, 4.69) is 26.1 Å². The molecule has 0 aromatic rings. The predicted octanol–water partition coefficient (Wildman–Crippen LogP) is 2.05. The van der Waals surface area contributed by atoms with Crippen LogP contribution in [0.15, 0.2) is 0 Å². The van der Waals surface area contributed by atoms with Crippen LogP contribution in [0, 0.1) is 5.92 Å². The standard InChI is InChI=1S/C10H23NO/c1-6-7-9(12-5)10(11-4)8(2)3/h8-11H,6-7H2,1-5H3. The minimum absolute atomic E-state index is 0.361. The van der Waals surface area contributed by atoms with Gasteiger partial charge < -0.3 is 10.1 Å². The van der Waals surface area contributed by atoms with Crippen molar-refractivity contribution < 1.29 is 4.74 Å². The number of hydrogen-bond donors (Lipinski definition) is 1. The summed E-state index contributed by atoms with van der Waals surface area (Å²) in [6.07, 6.45) is 2.68. The Bertz CT molecular complexity index is 104. The monoisotopic (exact) mass is 173 g/mol. The van der Waals surface area contributed by atoms with Crippen molar-refractivity contribution in [3.05, 3.63) is 0 Å². The van der Waals surface area contributed by atoms with E-state index in [4.69, 9.17) is 4.74 Å². The maximum Gasteiger partial charge on any atom is 0.0726 e. The van der Waals surface area contributed by atoms with Crippen LogP contribution < -0.4 is 5.32 Å². The highest BCUT2D eigenvalue weighted by Crippen LogP contribution is 2.13. The van der Waals surface area contributed by atoms with E-state index in [0.29, 0.717) is 18.1 Å². The number of methoxy groups -OCH3 is 1. The Morgan fingerprint density at radius 2 is 1.92 bits per heavy atom. The molecular weight excluding hydrogens is 150 g/mol. The fraction of sp³-hybridized carbons (Fsp3) is 1.00. The highest BCUT2D eigenvalue weighted by atomic mass is 16.5. The smallest absolute Gasteiger partial charge is 0.0726 e. The molecule has 0 aromatic carbocycles. The fourth-order valence-electron chi connectivity index (χ4n) is 1.68. The van der Waals surface area contributed by atoms with Crippen LogP contribution in [0.5, 0.6) is 0 Å². The van der Waals surface area contributed by atoms with Crippen LogP contribution in [-0.4, -0.2) is 26.3 Å². The SMILES string of the molecule is CCCC(OC)C(NC)C(C)C. The number of likely N-dealkylation sites (N-methyl/N-ethyl adjacent to an activating group) is 1. The zero-order chi connectivity index (χ0) is 9.56. The van der Waals surface area contributed by atoms with Crippen molar-refractivity contribution in [2.24, 2.45) is 5.92 Å². The summed E-state index contributed by atoms with van der Waals surface area (Å²) < 4.78 is 5.44. The molecule has 2 atom stereocenters. The van der Waals surface area contributed by atoms with Gasteiger partial charge in [-0.2, -0.15) is 0 Å². The largest absolute Gasteiger partial charge is 0.380 e. The zero-order valence-electron chi connectivity index (χ0n) is 9.05. The van der Waals surface area contributed by atoms with Gasteiger partial charge in [0, 0.05) is 13.2 Å². The third kappa shape index (κ3) is 3.55. The van der Waals surface area contributed by atoms with Gasteiger partial charge in [0.2, 0.25) is 0 Å². The van der Waals surface area contributed by atoms with Gasteiger partial charge >= 0.3 is 0 Å². The predicted molar refractivity (Wildman–Crippen MR) is 53.4 cm³/mol. The minimum atomic E-state index is 0.361. The lowest BCUT2D eigenvalue weighted by Crippen LogP contribution is -2.42. The van der Waals surface area contributed by atoms with E-state index in [1.54, 1.807) is 7.11 Å². The first-order chi connectivity index (χ1) is 5.67. The Labute approximate surface area is 76.7 Å². The molecule has 0 radical (unpaired) electrons. The summed E-state index contributed by atoms with van der Waals surface area (Å²) in [6.45, 7) is 6.64. The van der Waals surface area contributed by atoms with Crippen LogP contribution in [-0.2, 0) is 4.74 Å². The molecule has 0 bridgehead atoms. The van der Waals surface area contributed by atoms with E-state index >= 15 is 0 Å². The molecule has 0 aliphatic rings. The number of ether oxygens (including phenoxy) is 1. The Kier molecular flexibility index (Phi) is 6.39. The maximum atomic E-state index is 5.44. The first-order valence-corrected chi connectivity index (χ1v) is 4.87. The summed E-state index contributed by atoms with van der Waals surface area (Å²) in [6, 6.07) is 0.481. The average Bonchev–Trinajstić information content (AvgIpc) is 2.03. The molecule has 0 saturated heterocycles. The molecule has 0 amide bonds. The molecule has 0 heterocycles. The lowest BCUT2D eigenvalue weighted by Gasteiger charge is -2.28. The molecule has 2 unspecified atom stereocenters. The first-order valence-electron chi connectivity index (χ1n) is 4.87. The Balaban J connectivity index is 4.02. The molecule has 12 heavy (non-hydrogen) atoms. The summed E-state index contributed by atoms with van der Waals surface area (Å²) in [4.78, 5) is 0. The molecule has 0 saturated carbocycles. The Morgan fingerprint density at radius 1 is 1.33 bits per heavy atom. The van der Waals surface area contributed by atoms with E-state index in [9.17, 15) is 0 Å². The van der Waals surface area contributed by atoms with Crippen molar-refractivity contribution in [3.63, 3.8) is 0 Å². The molecule has 0 aliphatic heterocycles. The second-order valence-corrected chi connectivity index (χ2v) is 3.62. The van der Waals surface area contributed by atoms with Gasteiger partial charge in [-0.15, -0.1) is 0 Å². The lowest BCUT2D eigenvalue weighted by atomic mass is 9.96. The third-order valence-corrected chi connectivity index (χ3v) is 2.33. The van der Waals surface area contributed by atoms with Crippen LogP contribution in [0.25, 0.3) is 0 Å². The van der Waals surface area contributed by atoms with Crippen molar-refractivity contribution in [2.45, 2.75) is 45.8 Å². The fourth-order valence-corrected chi connectivity index (χ4v) is 1.68. The number of rotatable bonds is 6. The molecule has 0 fully saturated rings. The number of hydrogen-bond acceptors (Lipinski definition) is 2. The van der Waals surface area contributed by atoms with Gasteiger partial charge in [0.15, 0.2) is 0 Å². The molecule has 0 rings (SSSR count). The van der Waals surface area contributed by atoms with Crippen molar-refractivity contribution in [3.8, 4) is 0 Å². The van der Waals surface area contributed by atoms with Crippen LogP contribution in [0.4, 0.5) is 0 Å². The number of nitrogens with one attached hydrogen (secondary N) is 1. The normalized spacial score (nSPS) is 16.5. The minimum Gasteiger partial charge on any atom is -0.380 e. The lowest BCUT2D eigenvalue weighted by molar-refractivity contribution is 0.0487. The molecule has 74 valence electrons. The van der Waals surface area contributed by atoms with Crippen molar-refractivity contribution in [1.82, 2.24) is 5.32 Å². The van der Waals surface area contributed by atoms with Gasteiger partial charge in [-0.1, -0.05) is 27.2 Å². The van der Waals surface area contributed by atoms with Gasteiger partial charge in [0.05, 0.1) is 6.10 Å². The van der Waals surface area contributed by atoms with E-state index in [1.165, 1.54) is 6.42 Å². The van der Waals surface area contributed by atoms with Gasteiger partial charge in [-0.25, -0.2) is 0 Å². The molecule has 0 aliphatic carbocycles. The summed E-state index contributed by atoms with van der Waals surface area (Å²) in [5, 5.41) is 3.31. The quantitative estimate of drug-likeness (QED) is 0.663. The summed E-state index contributed by atoms with van der Waals surface area (Å²) in [5.74, 6) is 0.631. The van der Waals surface area contributed by atoms with E-state index in [-0.39, 0.29) is 0 Å². The summed E-state index contributed by atoms with van der Waals surface area (Å²) in [7, 11) is 3.80. The Morgan fingerprint density at radius 3 is 2.17 bits per heavy atom.